The van der Waals surface area contributed by atoms with Crippen molar-refractivity contribution in [3.8, 4) is 17.3 Å². The van der Waals surface area contributed by atoms with Gasteiger partial charge in [-0.25, -0.2) is 9.97 Å². The van der Waals surface area contributed by atoms with Crippen molar-refractivity contribution >= 4 is 14.1 Å². The third kappa shape index (κ3) is 5.13. The van der Waals surface area contributed by atoms with Gasteiger partial charge in [-0.15, -0.1) is 0 Å². The summed E-state index contributed by atoms with van der Waals surface area (Å²) in [4.78, 5) is 9.16. The first kappa shape index (κ1) is 21.9. The molecule has 0 bridgehead atoms. The number of rotatable bonds is 9. The number of hydrogen-bond donors (Lipinski definition) is 0. The summed E-state index contributed by atoms with van der Waals surface area (Å²) in [6, 6.07) is 3.69. The summed E-state index contributed by atoms with van der Waals surface area (Å²) in [5, 5.41) is 14.0. The maximum atomic E-state index is 9.34. The fourth-order valence-electron chi connectivity index (χ4n) is 4.68. The van der Waals surface area contributed by atoms with Gasteiger partial charge >= 0.3 is 0 Å². The molecule has 1 unspecified atom stereocenters. The van der Waals surface area contributed by atoms with E-state index in [4.69, 9.17) is 4.74 Å². The average molecular weight is 436 g/mol. The van der Waals surface area contributed by atoms with Crippen LogP contribution in [0.2, 0.25) is 25.7 Å². The fraction of sp³-hybridized carbons (Fsp3) is 0.583. The van der Waals surface area contributed by atoms with Gasteiger partial charge in [0, 0.05) is 37.9 Å². The topological polar surface area (TPSA) is 76.6 Å². The van der Waals surface area contributed by atoms with Crippen LogP contribution in [0, 0.1) is 17.2 Å². The molecule has 2 aromatic heterocycles. The van der Waals surface area contributed by atoms with Crippen LogP contribution in [-0.4, -0.2) is 41.0 Å². The standard InChI is InChI=1S/C24H33N5OSi/c1-31(2,3)13-12-30-16-19-8-9-21-23(19)26-17-27-24(21)20-14-28-29(15-20)22(10-11-25)18-6-4-5-7-18/h8-9,14-15,17-19,22H,4-7,10,12-13,16H2,1-3H3/t19?,22-/m1/s1. The van der Waals surface area contributed by atoms with Gasteiger partial charge in [0.1, 0.15) is 6.33 Å². The maximum Gasteiger partial charge on any atom is 0.116 e. The molecule has 2 aromatic rings. The highest BCUT2D eigenvalue weighted by Gasteiger charge is 2.28. The lowest BCUT2D eigenvalue weighted by Gasteiger charge is -2.21. The first-order valence-electron chi connectivity index (χ1n) is 11.5. The van der Waals surface area contributed by atoms with Gasteiger partial charge < -0.3 is 4.74 Å². The van der Waals surface area contributed by atoms with E-state index in [1.807, 2.05) is 10.9 Å². The first-order chi connectivity index (χ1) is 15.0. The largest absolute Gasteiger partial charge is 0.381 e. The number of ether oxygens (including phenoxy) is 1. The molecule has 0 saturated heterocycles. The van der Waals surface area contributed by atoms with E-state index in [0.29, 0.717) is 18.9 Å². The molecule has 4 rings (SSSR count). The van der Waals surface area contributed by atoms with Gasteiger partial charge in [0.25, 0.3) is 0 Å². The molecule has 6 nitrogen and oxygen atoms in total. The summed E-state index contributed by atoms with van der Waals surface area (Å²) < 4.78 is 7.99. The van der Waals surface area contributed by atoms with Gasteiger partial charge in [0.05, 0.1) is 42.7 Å². The lowest BCUT2D eigenvalue weighted by Crippen LogP contribution is -2.22. The third-order valence-electron chi connectivity index (χ3n) is 6.51. The molecule has 2 aliphatic rings. The smallest absolute Gasteiger partial charge is 0.116 e. The Balaban J connectivity index is 1.49. The van der Waals surface area contributed by atoms with Crippen molar-refractivity contribution < 1.29 is 4.74 Å². The second-order valence-electron chi connectivity index (χ2n) is 10.1. The minimum absolute atomic E-state index is 0.152. The highest BCUT2D eigenvalue weighted by atomic mass is 28.3. The lowest BCUT2D eigenvalue weighted by atomic mass is 9.96. The van der Waals surface area contributed by atoms with E-state index in [0.717, 1.165) is 29.1 Å². The summed E-state index contributed by atoms with van der Waals surface area (Å²) in [5.41, 5.74) is 4.01. The minimum Gasteiger partial charge on any atom is -0.381 e. The molecule has 0 N–H and O–H groups in total. The second kappa shape index (κ2) is 9.45. The van der Waals surface area contributed by atoms with Crippen LogP contribution < -0.4 is 0 Å². The summed E-state index contributed by atoms with van der Waals surface area (Å²) in [6.07, 6.45) is 15.3. The molecule has 7 heteroatoms. The zero-order valence-corrected chi connectivity index (χ0v) is 19.9. The Bertz CT molecular complexity index is 965. The zero-order chi connectivity index (χ0) is 21.8. The van der Waals surface area contributed by atoms with Gasteiger partial charge in [0.15, 0.2) is 0 Å². The van der Waals surface area contributed by atoms with Crippen LogP contribution in [-0.2, 0) is 4.74 Å². The van der Waals surface area contributed by atoms with Crippen LogP contribution in [0.25, 0.3) is 17.3 Å². The molecule has 2 heterocycles. The highest BCUT2D eigenvalue weighted by Crippen LogP contribution is 2.38. The zero-order valence-electron chi connectivity index (χ0n) is 18.9. The molecule has 1 saturated carbocycles. The Morgan fingerprint density at radius 2 is 2.06 bits per heavy atom. The van der Waals surface area contributed by atoms with Gasteiger partial charge in [-0.1, -0.05) is 44.6 Å². The minimum atomic E-state index is -1.08. The van der Waals surface area contributed by atoms with Crippen LogP contribution in [0.1, 0.15) is 55.3 Å². The lowest BCUT2D eigenvalue weighted by molar-refractivity contribution is 0.140. The number of nitriles is 1. The van der Waals surface area contributed by atoms with Crippen molar-refractivity contribution in [3.63, 3.8) is 0 Å². The monoisotopic (exact) mass is 435 g/mol. The summed E-state index contributed by atoms with van der Waals surface area (Å²) in [6.45, 7) is 8.59. The van der Waals surface area contributed by atoms with Crippen molar-refractivity contribution in [3.05, 3.63) is 36.1 Å². The Kier molecular flexibility index (Phi) is 6.68. The highest BCUT2D eigenvalue weighted by molar-refractivity contribution is 6.76. The van der Waals surface area contributed by atoms with E-state index in [1.54, 1.807) is 6.33 Å². The Morgan fingerprint density at radius 3 is 2.81 bits per heavy atom. The van der Waals surface area contributed by atoms with E-state index >= 15 is 0 Å². The normalized spacial score (nSPS) is 19.5. The molecule has 164 valence electrons. The third-order valence-corrected chi connectivity index (χ3v) is 8.22. The molecule has 0 radical (unpaired) electrons. The summed E-state index contributed by atoms with van der Waals surface area (Å²) in [5.74, 6) is 0.722. The Morgan fingerprint density at radius 1 is 1.26 bits per heavy atom. The molecule has 31 heavy (non-hydrogen) atoms. The van der Waals surface area contributed by atoms with E-state index < -0.39 is 8.07 Å². The molecule has 0 aromatic carbocycles. The molecule has 0 amide bonds. The fourth-order valence-corrected chi connectivity index (χ4v) is 5.44. The average Bonchev–Trinajstić information content (AvgIpc) is 3.50. The SMILES string of the molecule is C[Si](C)(C)CCOCC1C=Cc2c(-c3cnn([C@H](CC#N)C4CCCC4)c3)ncnc21. The van der Waals surface area contributed by atoms with Crippen LogP contribution >= 0.6 is 0 Å². The first-order valence-corrected chi connectivity index (χ1v) is 15.2. The molecule has 2 atom stereocenters. The number of hydrogen-bond acceptors (Lipinski definition) is 5. The number of nitrogens with zero attached hydrogens (tertiary/aromatic N) is 5. The van der Waals surface area contributed by atoms with E-state index in [2.05, 4.69) is 59.1 Å². The molecular formula is C24H33N5OSi. The number of fused-ring (bicyclic) bond motifs is 1. The van der Waals surface area contributed by atoms with Crippen LogP contribution in [0.5, 0.6) is 0 Å². The van der Waals surface area contributed by atoms with Crippen molar-refractivity contribution in [1.82, 2.24) is 19.7 Å². The van der Waals surface area contributed by atoms with Crippen molar-refractivity contribution in [2.24, 2.45) is 5.92 Å². The Labute approximate surface area is 186 Å². The van der Waals surface area contributed by atoms with Crippen molar-refractivity contribution in [1.29, 1.82) is 5.26 Å². The van der Waals surface area contributed by atoms with Gasteiger partial charge in [0.2, 0.25) is 0 Å². The Hall–Kier alpha value is -2.30. The van der Waals surface area contributed by atoms with Gasteiger partial charge in [-0.05, 0) is 24.8 Å². The molecular weight excluding hydrogens is 402 g/mol. The van der Waals surface area contributed by atoms with E-state index in [9.17, 15) is 5.26 Å². The van der Waals surface area contributed by atoms with Crippen LogP contribution in [0.4, 0.5) is 0 Å². The maximum absolute atomic E-state index is 9.34. The predicted octanol–water partition coefficient (Wildman–Crippen LogP) is 5.45. The molecule has 0 aliphatic heterocycles. The van der Waals surface area contributed by atoms with Crippen molar-refractivity contribution in [2.45, 2.75) is 69.7 Å². The molecule has 2 aliphatic carbocycles. The van der Waals surface area contributed by atoms with Gasteiger partial charge in [-0.2, -0.15) is 10.4 Å². The van der Waals surface area contributed by atoms with E-state index in [1.165, 1.54) is 31.7 Å². The number of aromatic nitrogens is 4. The predicted molar refractivity (Wildman–Crippen MR) is 125 cm³/mol. The molecule has 0 spiro atoms. The second-order valence-corrected chi connectivity index (χ2v) is 15.7. The summed E-state index contributed by atoms with van der Waals surface area (Å²) in [7, 11) is -1.08. The van der Waals surface area contributed by atoms with Gasteiger partial charge in [-0.3, -0.25) is 4.68 Å². The van der Waals surface area contributed by atoms with Crippen LogP contribution in [0.15, 0.2) is 24.8 Å². The molecule has 1 fully saturated rings. The van der Waals surface area contributed by atoms with Crippen molar-refractivity contribution in [2.75, 3.05) is 13.2 Å². The van der Waals surface area contributed by atoms with Crippen LogP contribution in [0.3, 0.4) is 0 Å². The quantitative estimate of drug-likeness (QED) is 0.387. The summed E-state index contributed by atoms with van der Waals surface area (Å²) >= 11 is 0. The van der Waals surface area contributed by atoms with E-state index in [-0.39, 0.29) is 12.0 Å².